The van der Waals surface area contributed by atoms with Crippen molar-refractivity contribution in [3.8, 4) is 5.75 Å². The maximum atomic E-state index is 12.9. The summed E-state index contributed by atoms with van der Waals surface area (Å²) < 4.78 is 23.5. The maximum Gasteiger partial charge on any atom is 0.124 e. The van der Waals surface area contributed by atoms with Crippen LogP contribution in [0, 0.1) is 5.82 Å². The van der Waals surface area contributed by atoms with Crippen molar-refractivity contribution in [3.05, 3.63) is 29.6 Å². The largest absolute Gasteiger partial charge is 0.488 e. The molecule has 0 spiro atoms. The van der Waals surface area contributed by atoms with E-state index >= 15 is 0 Å². The van der Waals surface area contributed by atoms with E-state index in [0.29, 0.717) is 17.7 Å². The van der Waals surface area contributed by atoms with Crippen molar-refractivity contribution in [2.24, 2.45) is 0 Å². The average molecular weight is 277 g/mol. The Labute approximate surface area is 97.5 Å². The molecule has 0 bridgehead atoms. The molecular weight excluding hydrogens is 263 g/mol. The molecule has 0 aliphatic heterocycles. The first-order valence-electron chi connectivity index (χ1n) is 4.67. The lowest BCUT2D eigenvalue weighted by molar-refractivity contribution is 0.0915. The Bertz CT molecular complexity index is 317. The molecule has 1 aromatic rings. The highest BCUT2D eigenvalue weighted by Crippen LogP contribution is 2.23. The van der Waals surface area contributed by atoms with Gasteiger partial charge in [-0.05, 0) is 25.1 Å². The Morgan fingerprint density at radius 3 is 2.80 bits per heavy atom. The van der Waals surface area contributed by atoms with Crippen molar-refractivity contribution >= 4 is 15.9 Å². The molecule has 0 heterocycles. The van der Waals surface area contributed by atoms with Gasteiger partial charge in [0, 0.05) is 18.0 Å². The number of rotatable bonds is 5. The molecule has 84 valence electrons. The Morgan fingerprint density at radius 2 is 2.20 bits per heavy atom. The molecule has 0 N–H and O–H groups in total. The van der Waals surface area contributed by atoms with Gasteiger partial charge in [0.05, 0.1) is 6.61 Å². The van der Waals surface area contributed by atoms with Crippen molar-refractivity contribution in [1.82, 2.24) is 0 Å². The van der Waals surface area contributed by atoms with Gasteiger partial charge in [0.1, 0.15) is 17.7 Å². The number of ether oxygens (including phenoxy) is 2. The van der Waals surface area contributed by atoms with E-state index < -0.39 is 0 Å². The zero-order valence-corrected chi connectivity index (χ0v) is 10.4. The highest BCUT2D eigenvalue weighted by molar-refractivity contribution is 9.08. The molecule has 0 fully saturated rings. The van der Waals surface area contributed by atoms with Gasteiger partial charge in [-0.2, -0.15) is 0 Å². The highest BCUT2D eigenvalue weighted by Gasteiger charge is 2.08. The molecule has 15 heavy (non-hydrogen) atoms. The number of benzene rings is 1. The summed E-state index contributed by atoms with van der Waals surface area (Å²) in [6.45, 7) is 2.42. The van der Waals surface area contributed by atoms with E-state index in [1.165, 1.54) is 12.1 Å². The lowest BCUT2D eigenvalue weighted by Gasteiger charge is -2.16. The molecular formula is C11H14BrFO2. The molecule has 1 atom stereocenters. The van der Waals surface area contributed by atoms with Crippen molar-refractivity contribution in [2.75, 3.05) is 13.7 Å². The van der Waals surface area contributed by atoms with Crippen LogP contribution in [0.25, 0.3) is 0 Å². The van der Waals surface area contributed by atoms with Crippen LogP contribution in [0.4, 0.5) is 4.39 Å². The zero-order valence-electron chi connectivity index (χ0n) is 8.80. The fourth-order valence-electron chi connectivity index (χ4n) is 1.25. The summed E-state index contributed by atoms with van der Waals surface area (Å²) in [5, 5.41) is 0.569. The van der Waals surface area contributed by atoms with Gasteiger partial charge in [-0.25, -0.2) is 4.39 Å². The van der Waals surface area contributed by atoms with E-state index in [2.05, 4.69) is 15.9 Å². The maximum absolute atomic E-state index is 12.9. The highest BCUT2D eigenvalue weighted by atomic mass is 79.9. The van der Waals surface area contributed by atoms with E-state index in [1.54, 1.807) is 13.2 Å². The summed E-state index contributed by atoms with van der Waals surface area (Å²) in [7, 11) is 1.62. The van der Waals surface area contributed by atoms with E-state index in [0.717, 1.165) is 5.56 Å². The third kappa shape index (κ3) is 3.80. The van der Waals surface area contributed by atoms with Gasteiger partial charge < -0.3 is 9.47 Å². The first-order chi connectivity index (χ1) is 7.17. The van der Waals surface area contributed by atoms with Crippen molar-refractivity contribution in [2.45, 2.75) is 18.4 Å². The fourth-order valence-corrected chi connectivity index (χ4v) is 1.69. The molecule has 0 radical (unpaired) electrons. The monoisotopic (exact) mass is 276 g/mol. The first-order valence-corrected chi connectivity index (χ1v) is 5.79. The van der Waals surface area contributed by atoms with Crippen LogP contribution >= 0.6 is 15.9 Å². The van der Waals surface area contributed by atoms with E-state index in [1.807, 2.05) is 6.92 Å². The molecule has 0 amide bonds. The lowest BCUT2D eigenvalue weighted by atomic mass is 10.2. The molecule has 1 unspecified atom stereocenters. The van der Waals surface area contributed by atoms with Crippen LogP contribution < -0.4 is 4.74 Å². The van der Waals surface area contributed by atoms with Gasteiger partial charge in [-0.3, -0.25) is 0 Å². The van der Waals surface area contributed by atoms with Gasteiger partial charge in [0.25, 0.3) is 0 Å². The molecule has 0 saturated carbocycles. The Balaban J connectivity index is 2.75. The predicted molar refractivity (Wildman–Crippen MR) is 61.0 cm³/mol. The SMILES string of the molecule is COCC(C)Oc1ccc(F)cc1CBr. The van der Waals surface area contributed by atoms with Crippen molar-refractivity contribution < 1.29 is 13.9 Å². The molecule has 2 nitrogen and oxygen atoms in total. The van der Waals surface area contributed by atoms with Crippen LogP contribution in [0.1, 0.15) is 12.5 Å². The number of halogens is 2. The van der Waals surface area contributed by atoms with Gasteiger partial charge in [0.2, 0.25) is 0 Å². The summed E-state index contributed by atoms with van der Waals surface area (Å²) in [5.74, 6) is 0.439. The molecule has 0 saturated heterocycles. The molecule has 0 aliphatic carbocycles. The van der Waals surface area contributed by atoms with E-state index in [-0.39, 0.29) is 11.9 Å². The number of hydrogen-bond donors (Lipinski definition) is 0. The molecule has 1 rings (SSSR count). The van der Waals surface area contributed by atoms with Crippen molar-refractivity contribution in [3.63, 3.8) is 0 Å². The first kappa shape index (κ1) is 12.5. The summed E-state index contributed by atoms with van der Waals surface area (Å²) in [5.41, 5.74) is 0.804. The lowest BCUT2D eigenvalue weighted by Crippen LogP contribution is -2.18. The quantitative estimate of drug-likeness (QED) is 0.770. The normalized spacial score (nSPS) is 12.5. The van der Waals surface area contributed by atoms with E-state index in [4.69, 9.17) is 9.47 Å². The second-order valence-corrected chi connectivity index (χ2v) is 3.83. The topological polar surface area (TPSA) is 18.5 Å². The summed E-state index contributed by atoms with van der Waals surface area (Å²) in [6.07, 6.45) is -0.0433. The van der Waals surface area contributed by atoms with Crippen LogP contribution in [-0.2, 0) is 10.1 Å². The minimum atomic E-state index is -0.254. The van der Waals surface area contributed by atoms with Crippen LogP contribution in [0.3, 0.4) is 0 Å². The van der Waals surface area contributed by atoms with E-state index in [9.17, 15) is 4.39 Å². The molecule has 0 aromatic heterocycles. The third-order valence-corrected chi connectivity index (χ3v) is 2.50. The predicted octanol–water partition coefficient (Wildman–Crippen LogP) is 3.13. The smallest absolute Gasteiger partial charge is 0.124 e. The summed E-state index contributed by atoms with van der Waals surface area (Å²) in [6, 6.07) is 4.49. The standard InChI is InChI=1S/C11H14BrFO2/c1-8(7-14-2)15-11-4-3-10(13)5-9(11)6-12/h3-5,8H,6-7H2,1-2H3. The van der Waals surface area contributed by atoms with Crippen LogP contribution in [-0.4, -0.2) is 19.8 Å². The van der Waals surface area contributed by atoms with Gasteiger partial charge in [-0.15, -0.1) is 0 Å². The third-order valence-electron chi connectivity index (χ3n) is 1.90. The minimum absolute atomic E-state index is 0.0433. The molecule has 0 aliphatic rings. The number of hydrogen-bond acceptors (Lipinski definition) is 2. The second kappa shape index (κ2) is 6.08. The van der Waals surface area contributed by atoms with Gasteiger partial charge in [-0.1, -0.05) is 15.9 Å². The average Bonchev–Trinajstić information content (AvgIpc) is 2.21. The van der Waals surface area contributed by atoms with Crippen LogP contribution in [0.15, 0.2) is 18.2 Å². The Morgan fingerprint density at radius 1 is 1.47 bits per heavy atom. The van der Waals surface area contributed by atoms with Crippen LogP contribution in [0.5, 0.6) is 5.75 Å². The number of methoxy groups -OCH3 is 1. The second-order valence-electron chi connectivity index (χ2n) is 3.27. The van der Waals surface area contributed by atoms with Gasteiger partial charge >= 0.3 is 0 Å². The van der Waals surface area contributed by atoms with Crippen molar-refractivity contribution in [1.29, 1.82) is 0 Å². The molecule has 1 aromatic carbocycles. The fraction of sp³-hybridized carbons (Fsp3) is 0.455. The summed E-state index contributed by atoms with van der Waals surface area (Å²) >= 11 is 3.29. The Kier molecular flexibility index (Phi) is 5.05. The zero-order chi connectivity index (χ0) is 11.3. The van der Waals surface area contributed by atoms with Gasteiger partial charge in [0.15, 0.2) is 0 Å². The minimum Gasteiger partial charge on any atom is -0.488 e. The number of alkyl halides is 1. The van der Waals surface area contributed by atoms with Crippen LogP contribution in [0.2, 0.25) is 0 Å². The Hall–Kier alpha value is -0.610. The molecule has 4 heteroatoms. The summed E-state index contributed by atoms with van der Waals surface area (Å²) in [4.78, 5) is 0.